The standard InChI is InChI=1S/C16H27N3O3S/c1-14(2)13-19(23(4,21)22)12-8-16(20)18(3)11-7-15-5-9-17-10-6-15/h5-6,9-10,14H,7-8,11-13H2,1-4H3. The monoisotopic (exact) mass is 341 g/mol. The first kappa shape index (κ1) is 19.6. The number of pyridine rings is 1. The van der Waals surface area contributed by atoms with Crippen molar-refractivity contribution in [2.45, 2.75) is 26.7 Å². The van der Waals surface area contributed by atoms with Crippen LogP contribution >= 0.6 is 0 Å². The van der Waals surface area contributed by atoms with Crippen LogP contribution in [0.15, 0.2) is 24.5 Å². The first-order valence-corrected chi connectivity index (χ1v) is 9.63. The lowest BCUT2D eigenvalue weighted by Crippen LogP contribution is -2.37. The molecule has 1 aromatic rings. The lowest BCUT2D eigenvalue weighted by atomic mass is 10.2. The zero-order chi connectivity index (χ0) is 17.5. The highest BCUT2D eigenvalue weighted by molar-refractivity contribution is 7.88. The molecule has 0 spiro atoms. The Labute approximate surface area is 139 Å². The molecule has 0 bridgehead atoms. The van der Waals surface area contributed by atoms with Gasteiger partial charge in [-0.05, 0) is 30.0 Å². The van der Waals surface area contributed by atoms with Gasteiger partial charge in [0.2, 0.25) is 15.9 Å². The summed E-state index contributed by atoms with van der Waals surface area (Å²) in [6, 6.07) is 3.85. The molecule has 0 aromatic carbocycles. The smallest absolute Gasteiger partial charge is 0.223 e. The molecule has 0 fully saturated rings. The molecule has 0 N–H and O–H groups in total. The summed E-state index contributed by atoms with van der Waals surface area (Å²) in [6.45, 7) is 5.19. The molecule has 1 aromatic heterocycles. The highest BCUT2D eigenvalue weighted by Gasteiger charge is 2.19. The van der Waals surface area contributed by atoms with Gasteiger partial charge in [0.25, 0.3) is 0 Å². The largest absolute Gasteiger partial charge is 0.345 e. The highest BCUT2D eigenvalue weighted by Crippen LogP contribution is 2.07. The van der Waals surface area contributed by atoms with Crippen LogP contribution in [-0.4, -0.2) is 61.5 Å². The fraction of sp³-hybridized carbons (Fsp3) is 0.625. The molecule has 0 unspecified atom stereocenters. The molecule has 0 radical (unpaired) electrons. The number of aromatic nitrogens is 1. The van der Waals surface area contributed by atoms with E-state index >= 15 is 0 Å². The van der Waals surface area contributed by atoms with Gasteiger partial charge in [0.05, 0.1) is 6.26 Å². The Hall–Kier alpha value is -1.47. The minimum Gasteiger partial charge on any atom is -0.345 e. The van der Waals surface area contributed by atoms with E-state index in [4.69, 9.17) is 0 Å². The molecule has 6 nitrogen and oxygen atoms in total. The van der Waals surface area contributed by atoms with Crippen molar-refractivity contribution in [3.05, 3.63) is 30.1 Å². The van der Waals surface area contributed by atoms with Crippen LogP contribution in [0.3, 0.4) is 0 Å². The first-order chi connectivity index (χ1) is 10.7. The van der Waals surface area contributed by atoms with Gasteiger partial charge in [0.15, 0.2) is 0 Å². The summed E-state index contributed by atoms with van der Waals surface area (Å²) < 4.78 is 24.9. The van der Waals surface area contributed by atoms with Gasteiger partial charge in [-0.3, -0.25) is 9.78 Å². The van der Waals surface area contributed by atoms with Crippen molar-refractivity contribution in [3.8, 4) is 0 Å². The fourth-order valence-corrected chi connectivity index (χ4v) is 3.17. The zero-order valence-electron chi connectivity index (χ0n) is 14.4. The van der Waals surface area contributed by atoms with E-state index < -0.39 is 10.0 Å². The van der Waals surface area contributed by atoms with Gasteiger partial charge >= 0.3 is 0 Å². The number of likely N-dealkylation sites (N-methyl/N-ethyl adjacent to an activating group) is 1. The van der Waals surface area contributed by atoms with Crippen molar-refractivity contribution >= 4 is 15.9 Å². The first-order valence-electron chi connectivity index (χ1n) is 7.78. The molecule has 23 heavy (non-hydrogen) atoms. The van der Waals surface area contributed by atoms with E-state index in [9.17, 15) is 13.2 Å². The summed E-state index contributed by atoms with van der Waals surface area (Å²) in [6.07, 6.45) is 5.60. The summed E-state index contributed by atoms with van der Waals surface area (Å²) in [5, 5.41) is 0. The predicted molar refractivity (Wildman–Crippen MR) is 91.4 cm³/mol. The van der Waals surface area contributed by atoms with Crippen molar-refractivity contribution in [1.82, 2.24) is 14.2 Å². The number of nitrogens with zero attached hydrogens (tertiary/aromatic N) is 3. The molecule has 130 valence electrons. The molecule has 1 rings (SSSR count). The number of hydrogen-bond donors (Lipinski definition) is 0. The maximum atomic E-state index is 12.2. The molecule has 1 amide bonds. The zero-order valence-corrected chi connectivity index (χ0v) is 15.2. The van der Waals surface area contributed by atoms with Gasteiger partial charge in [0.1, 0.15) is 0 Å². The van der Waals surface area contributed by atoms with Crippen LogP contribution in [0.2, 0.25) is 0 Å². The van der Waals surface area contributed by atoms with Crippen LogP contribution in [0.5, 0.6) is 0 Å². The molecule has 0 aliphatic heterocycles. The highest BCUT2D eigenvalue weighted by atomic mass is 32.2. The van der Waals surface area contributed by atoms with Crippen LogP contribution in [0.1, 0.15) is 25.8 Å². The molecule has 7 heteroatoms. The number of amides is 1. The van der Waals surface area contributed by atoms with Crippen LogP contribution in [0.25, 0.3) is 0 Å². The van der Waals surface area contributed by atoms with Crippen molar-refractivity contribution in [2.24, 2.45) is 5.92 Å². The van der Waals surface area contributed by atoms with Crippen LogP contribution in [0, 0.1) is 5.92 Å². The Bertz CT molecular complexity index is 588. The number of hydrogen-bond acceptors (Lipinski definition) is 4. The van der Waals surface area contributed by atoms with E-state index in [-0.39, 0.29) is 24.8 Å². The second kappa shape index (κ2) is 8.98. The minimum atomic E-state index is -3.28. The topological polar surface area (TPSA) is 70.6 Å². The summed E-state index contributed by atoms with van der Waals surface area (Å²) in [4.78, 5) is 17.8. The molecular formula is C16H27N3O3S. The summed E-state index contributed by atoms with van der Waals surface area (Å²) in [7, 11) is -1.53. The van der Waals surface area contributed by atoms with Crippen molar-refractivity contribution < 1.29 is 13.2 Å². The summed E-state index contributed by atoms with van der Waals surface area (Å²) >= 11 is 0. The summed E-state index contributed by atoms with van der Waals surface area (Å²) in [5.41, 5.74) is 1.12. The Kier molecular flexibility index (Phi) is 7.64. The third kappa shape index (κ3) is 7.56. The lowest BCUT2D eigenvalue weighted by Gasteiger charge is -2.23. The maximum Gasteiger partial charge on any atom is 0.223 e. The van der Waals surface area contributed by atoms with Gasteiger partial charge in [-0.2, -0.15) is 0 Å². The Balaban J connectivity index is 2.47. The van der Waals surface area contributed by atoms with Crippen molar-refractivity contribution in [2.75, 3.05) is 32.9 Å². The third-order valence-electron chi connectivity index (χ3n) is 3.52. The Morgan fingerprint density at radius 1 is 1.22 bits per heavy atom. The average molecular weight is 341 g/mol. The van der Waals surface area contributed by atoms with Crippen LogP contribution < -0.4 is 0 Å². The van der Waals surface area contributed by atoms with E-state index in [2.05, 4.69) is 4.98 Å². The van der Waals surface area contributed by atoms with Gasteiger partial charge in [0, 0.05) is 45.5 Å². The van der Waals surface area contributed by atoms with Gasteiger partial charge in [-0.1, -0.05) is 13.8 Å². The second-order valence-corrected chi connectivity index (χ2v) is 8.17. The van der Waals surface area contributed by atoms with Crippen molar-refractivity contribution in [1.29, 1.82) is 0 Å². The summed E-state index contributed by atoms with van der Waals surface area (Å²) in [5.74, 6) is 0.181. The molecular weight excluding hydrogens is 314 g/mol. The molecule has 0 aliphatic rings. The molecule has 0 saturated carbocycles. The van der Waals surface area contributed by atoms with E-state index in [1.54, 1.807) is 24.3 Å². The molecule has 1 heterocycles. The van der Waals surface area contributed by atoms with Crippen molar-refractivity contribution in [3.63, 3.8) is 0 Å². The quantitative estimate of drug-likeness (QED) is 0.680. The minimum absolute atomic E-state index is 0.0449. The molecule has 0 atom stereocenters. The van der Waals surface area contributed by atoms with Gasteiger partial charge in [-0.15, -0.1) is 0 Å². The Morgan fingerprint density at radius 2 is 1.83 bits per heavy atom. The number of rotatable bonds is 9. The molecule has 0 saturated heterocycles. The SMILES string of the molecule is CC(C)CN(CCC(=O)N(C)CCc1ccncc1)S(C)(=O)=O. The number of carbonyl (C=O) groups is 1. The van der Waals surface area contributed by atoms with E-state index in [1.807, 2.05) is 26.0 Å². The second-order valence-electron chi connectivity index (χ2n) is 6.19. The van der Waals surface area contributed by atoms with Gasteiger partial charge < -0.3 is 4.90 Å². The number of carbonyl (C=O) groups excluding carboxylic acids is 1. The van der Waals surface area contributed by atoms with E-state index in [1.165, 1.54) is 10.6 Å². The Morgan fingerprint density at radius 3 is 2.35 bits per heavy atom. The third-order valence-corrected chi connectivity index (χ3v) is 4.79. The van der Waals surface area contributed by atoms with E-state index in [0.717, 1.165) is 12.0 Å². The molecule has 0 aliphatic carbocycles. The lowest BCUT2D eigenvalue weighted by molar-refractivity contribution is -0.130. The van der Waals surface area contributed by atoms with Crippen LogP contribution in [0.4, 0.5) is 0 Å². The van der Waals surface area contributed by atoms with Crippen LogP contribution in [-0.2, 0) is 21.2 Å². The number of sulfonamides is 1. The predicted octanol–water partition coefficient (Wildman–Crippen LogP) is 1.39. The van der Waals surface area contributed by atoms with Gasteiger partial charge in [-0.25, -0.2) is 12.7 Å². The van der Waals surface area contributed by atoms with E-state index in [0.29, 0.717) is 13.1 Å². The maximum absolute atomic E-state index is 12.2. The average Bonchev–Trinajstić information content (AvgIpc) is 2.48. The normalized spacial score (nSPS) is 11.9. The fourth-order valence-electron chi connectivity index (χ4n) is 2.18.